The molecule has 0 aliphatic rings. The molecule has 0 fully saturated rings. The van der Waals surface area contributed by atoms with Gasteiger partial charge in [0, 0.05) is 10.4 Å². The molecule has 0 amide bonds. The lowest BCUT2D eigenvalue weighted by Crippen LogP contribution is -2.34. The maximum absolute atomic E-state index is 11.6. The molecule has 0 radical (unpaired) electrons. The maximum atomic E-state index is 11.6. The monoisotopic (exact) mass is 369 g/mol. The molecule has 2 N–H and O–H groups in total. The number of thiophene rings is 1. The maximum Gasteiger partial charge on any atom is 0.326 e. The largest absolute Gasteiger partial charge is 0.480 e. The third-order valence-electron chi connectivity index (χ3n) is 4.68. The lowest BCUT2D eigenvalue weighted by atomic mass is 9.98. The second-order valence-electron chi connectivity index (χ2n) is 6.94. The Kier molecular flexibility index (Phi) is 4.96. The van der Waals surface area contributed by atoms with Gasteiger partial charge in [-0.2, -0.15) is 0 Å². The number of aliphatic carboxylic acids is 1. The summed E-state index contributed by atoms with van der Waals surface area (Å²) in [6.07, 6.45) is 1.49. The third kappa shape index (κ3) is 3.29. The molecule has 0 aliphatic heterocycles. The number of fused-ring (bicyclic) bond motifs is 1. The molecule has 1 atom stereocenters. The predicted molar refractivity (Wildman–Crippen MR) is 107 cm³/mol. The van der Waals surface area contributed by atoms with Crippen LogP contribution in [-0.4, -0.2) is 27.1 Å². The van der Waals surface area contributed by atoms with Crippen molar-refractivity contribution in [1.82, 2.24) is 9.97 Å². The Bertz CT molecular complexity index is 979. The van der Waals surface area contributed by atoms with E-state index in [0.29, 0.717) is 5.82 Å². The van der Waals surface area contributed by atoms with Gasteiger partial charge in [0.25, 0.3) is 0 Å². The number of carboxylic acid groups (broad SMARTS) is 1. The smallest absolute Gasteiger partial charge is 0.326 e. The average Bonchev–Trinajstić information content (AvgIpc) is 2.91. The first-order valence-corrected chi connectivity index (χ1v) is 9.42. The number of hydrogen-bond acceptors (Lipinski definition) is 5. The Balaban J connectivity index is 2.20. The fourth-order valence-electron chi connectivity index (χ4n) is 3.06. The van der Waals surface area contributed by atoms with Crippen LogP contribution in [-0.2, 0) is 4.79 Å². The van der Waals surface area contributed by atoms with Crippen LogP contribution in [0.3, 0.4) is 0 Å². The Morgan fingerprint density at radius 2 is 1.88 bits per heavy atom. The van der Waals surface area contributed by atoms with Gasteiger partial charge in [-0.3, -0.25) is 0 Å². The van der Waals surface area contributed by atoms with Crippen LogP contribution >= 0.6 is 11.3 Å². The fourth-order valence-corrected chi connectivity index (χ4v) is 4.07. The van der Waals surface area contributed by atoms with Gasteiger partial charge in [0.15, 0.2) is 0 Å². The molecule has 6 heteroatoms. The highest BCUT2D eigenvalue weighted by atomic mass is 32.1. The highest BCUT2D eigenvalue weighted by molar-refractivity contribution is 7.19. The number of benzene rings is 1. The summed E-state index contributed by atoms with van der Waals surface area (Å²) >= 11 is 1.60. The number of aryl methyl sites for hydroxylation is 3. The van der Waals surface area contributed by atoms with E-state index >= 15 is 0 Å². The van der Waals surface area contributed by atoms with E-state index in [1.165, 1.54) is 17.5 Å². The van der Waals surface area contributed by atoms with Crippen LogP contribution in [0.5, 0.6) is 0 Å². The van der Waals surface area contributed by atoms with E-state index in [0.717, 1.165) is 26.2 Å². The van der Waals surface area contributed by atoms with Crippen LogP contribution < -0.4 is 5.32 Å². The van der Waals surface area contributed by atoms with Crippen LogP contribution in [0.15, 0.2) is 24.5 Å². The summed E-state index contributed by atoms with van der Waals surface area (Å²) in [6.45, 7) is 10.0. The first-order chi connectivity index (χ1) is 12.3. The topological polar surface area (TPSA) is 75.1 Å². The number of hydrogen-bond donors (Lipinski definition) is 2. The van der Waals surface area contributed by atoms with Crippen molar-refractivity contribution in [1.29, 1.82) is 0 Å². The Morgan fingerprint density at radius 3 is 2.50 bits per heavy atom. The van der Waals surface area contributed by atoms with Gasteiger partial charge in [-0.1, -0.05) is 32.0 Å². The first-order valence-electron chi connectivity index (χ1n) is 8.60. The van der Waals surface area contributed by atoms with E-state index < -0.39 is 12.0 Å². The van der Waals surface area contributed by atoms with E-state index in [2.05, 4.69) is 54.3 Å². The summed E-state index contributed by atoms with van der Waals surface area (Å²) < 4.78 is 0. The number of rotatable bonds is 5. The number of nitrogens with one attached hydrogen (secondary N) is 1. The molecule has 0 spiro atoms. The Morgan fingerprint density at radius 1 is 1.15 bits per heavy atom. The number of anilines is 1. The van der Waals surface area contributed by atoms with E-state index in [-0.39, 0.29) is 5.92 Å². The zero-order valence-electron chi connectivity index (χ0n) is 15.6. The lowest BCUT2D eigenvalue weighted by molar-refractivity contribution is -0.138. The van der Waals surface area contributed by atoms with Gasteiger partial charge in [0.05, 0.1) is 5.39 Å². The molecular weight excluding hydrogens is 346 g/mol. The van der Waals surface area contributed by atoms with Crippen molar-refractivity contribution in [3.63, 3.8) is 0 Å². The Hall–Kier alpha value is -2.47. The first kappa shape index (κ1) is 18.3. The van der Waals surface area contributed by atoms with Gasteiger partial charge < -0.3 is 10.4 Å². The van der Waals surface area contributed by atoms with Gasteiger partial charge in [-0.05, 0) is 43.4 Å². The molecule has 3 aromatic rings. The summed E-state index contributed by atoms with van der Waals surface area (Å²) in [7, 11) is 0. The van der Waals surface area contributed by atoms with Crippen molar-refractivity contribution in [2.24, 2.45) is 5.92 Å². The van der Waals surface area contributed by atoms with Gasteiger partial charge in [-0.15, -0.1) is 11.3 Å². The van der Waals surface area contributed by atoms with Gasteiger partial charge in [-0.25, -0.2) is 14.8 Å². The summed E-state index contributed by atoms with van der Waals surface area (Å²) in [5.74, 6) is -0.373. The molecule has 0 saturated heterocycles. The zero-order chi connectivity index (χ0) is 19.0. The second kappa shape index (κ2) is 7.03. The molecule has 5 nitrogen and oxygen atoms in total. The lowest BCUT2D eigenvalue weighted by Gasteiger charge is -2.19. The van der Waals surface area contributed by atoms with Crippen molar-refractivity contribution in [2.45, 2.75) is 40.7 Å². The van der Waals surface area contributed by atoms with Crippen LogP contribution in [0.2, 0.25) is 0 Å². The van der Waals surface area contributed by atoms with Crippen molar-refractivity contribution >= 4 is 33.3 Å². The van der Waals surface area contributed by atoms with E-state index in [9.17, 15) is 9.90 Å². The summed E-state index contributed by atoms with van der Waals surface area (Å²) in [4.78, 5) is 22.4. The Labute approximate surface area is 157 Å². The van der Waals surface area contributed by atoms with Crippen LogP contribution in [0.25, 0.3) is 21.3 Å². The van der Waals surface area contributed by atoms with Crippen molar-refractivity contribution in [2.75, 3.05) is 5.32 Å². The predicted octanol–water partition coefficient (Wildman–Crippen LogP) is 4.80. The fraction of sp³-hybridized carbons (Fsp3) is 0.350. The van der Waals surface area contributed by atoms with E-state index in [1.807, 2.05) is 13.8 Å². The second-order valence-corrected chi connectivity index (χ2v) is 8.14. The minimum atomic E-state index is -0.883. The molecule has 26 heavy (non-hydrogen) atoms. The van der Waals surface area contributed by atoms with Crippen LogP contribution in [0, 0.1) is 26.7 Å². The molecule has 0 bridgehead atoms. The molecule has 1 unspecified atom stereocenters. The van der Waals surface area contributed by atoms with Gasteiger partial charge in [0.1, 0.15) is 23.0 Å². The average molecular weight is 369 g/mol. The zero-order valence-corrected chi connectivity index (χ0v) is 16.4. The highest BCUT2D eigenvalue weighted by Gasteiger charge is 2.24. The van der Waals surface area contributed by atoms with Crippen molar-refractivity contribution in [3.05, 3.63) is 40.5 Å². The highest BCUT2D eigenvalue weighted by Crippen LogP contribution is 2.41. The molecule has 2 aromatic heterocycles. The van der Waals surface area contributed by atoms with E-state index in [4.69, 9.17) is 0 Å². The molecule has 0 aliphatic carbocycles. The van der Waals surface area contributed by atoms with Crippen LogP contribution in [0.4, 0.5) is 5.82 Å². The van der Waals surface area contributed by atoms with Crippen molar-refractivity contribution in [3.8, 4) is 11.1 Å². The van der Waals surface area contributed by atoms with Gasteiger partial charge >= 0.3 is 5.97 Å². The molecule has 2 heterocycles. The number of carbonyl (C=O) groups is 1. The van der Waals surface area contributed by atoms with Gasteiger partial charge in [0.2, 0.25) is 0 Å². The molecule has 136 valence electrons. The summed E-state index contributed by atoms with van der Waals surface area (Å²) in [5, 5.41) is 13.6. The molecule has 0 saturated carbocycles. The number of carboxylic acids is 1. The molecule has 1 aromatic carbocycles. The van der Waals surface area contributed by atoms with Crippen LogP contribution in [0.1, 0.15) is 29.9 Å². The quantitative estimate of drug-likeness (QED) is 0.675. The minimum absolute atomic E-state index is 0.0673. The number of nitrogens with zero attached hydrogens (tertiary/aromatic N) is 2. The summed E-state index contributed by atoms with van der Waals surface area (Å²) in [6, 6.07) is 5.67. The number of aromatic nitrogens is 2. The minimum Gasteiger partial charge on any atom is -0.480 e. The molecular formula is C20H23N3O2S. The van der Waals surface area contributed by atoms with Crippen molar-refractivity contribution < 1.29 is 9.90 Å². The SMILES string of the molecule is Cc1ccc(-c2c(C)sc3ncnc(NC(C(=O)O)C(C)C)c23)cc1C. The normalized spacial score (nSPS) is 12.5. The van der Waals surface area contributed by atoms with E-state index in [1.54, 1.807) is 11.3 Å². The summed E-state index contributed by atoms with van der Waals surface area (Å²) in [5.41, 5.74) is 4.64. The molecule has 3 rings (SSSR count). The third-order valence-corrected chi connectivity index (χ3v) is 5.70. The standard InChI is InChI=1S/C20H23N3O2S/c1-10(2)17(20(24)25)23-18-16-15(13(5)26-19(16)22-9-21-18)14-7-6-11(3)12(4)8-14/h6-10,17H,1-5H3,(H,24,25)(H,21,22,23).